The standard InChI is InChI=1S/C18H17ClN2O5/c19-16-4-2-1-3-13(16)10-17(22)20-14(11-18(23)24)9-12-5-7-15(8-6-12)21(25)26/h1-8,14H,9-11H2,(H,20,22)(H,23,24). The fraction of sp³-hybridized carbons (Fsp3) is 0.222. The van der Waals surface area contributed by atoms with Gasteiger partial charge in [0.1, 0.15) is 0 Å². The number of nitrogens with one attached hydrogen (secondary N) is 1. The molecule has 1 amide bonds. The van der Waals surface area contributed by atoms with Gasteiger partial charge < -0.3 is 10.4 Å². The third-order valence-electron chi connectivity index (χ3n) is 3.72. The van der Waals surface area contributed by atoms with E-state index >= 15 is 0 Å². The van der Waals surface area contributed by atoms with E-state index < -0.39 is 16.9 Å². The number of carboxylic acid groups (broad SMARTS) is 1. The Morgan fingerprint density at radius 2 is 1.81 bits per heavy atom. The number of nitrogens with zero attached hydrogens (tertiary/aromatic N) is 1. The number of benzene rings is 2. The van der Waals surface area contributed by atoms with E-state index in [-0.39, 0.29) is 30.9 Å². The fourth-order valence-electron chi connectivity index (χ4n) is 2.52. The molecule has 7 nitrogen and oxygen atoms in total. The first-order chi connectivity index (χ1) is 12.3. The lowest BCUT2D eigenvalue weighted by molar-refractivity contribution is -0.384. The van der Waals surface area contributed by atoms with Gasteiger partial charge in [-0.3, -0.25) is 19.7 Å². The minimum absolute atomic E-state index is 0.0378. The van der Waals surface area contributed by atoms with Gasteiger partial charge in [0, 0.05) is 23.2 Å². The third kappa shape index (κ3) is 5.86. The number of aliphatic carboxylic acids is 1. The molecular formula is C18H17ClN2O5. The molecule has 0 spiro atoms. The third-order valence-corrected chi connectivity index (χ3v) is 4.09. The first kappa shape index (κ1) is 19.4. The predicted octanol–water partition coefficient (Wildman–Crippen LogP) is 2.99. The van der Waals surface area contributed by atoms with Gasteiger partial charge in [-0.1, -0.05) is 41.9 Å². The molecule has 26 heavy (non-hydrogen) atoms. The predicted molar refractivity (Wildman–Crippen MR) is 96.1 cm³/mol. The van der Waals surface area contributed by atoms with E-state index in [1.807, 2.05) is 0 Å². The van der Waals surface area contributed by atoms with E-state index in [0.29, 0.717) is 16.1 Å². The number of halogens is 1. The molecule has 0 fully saturated rings. The minimum Gasteiger partial charge on any atom is -0.481 e. The smallest absolute Gasteiger partial charge is 0.305 e. The maximum Gasteiger partial charge on any atom is 0.305 e. The Bertz CT molecular complexity index is 807. The van der Waals surface area contributed by atoms with Gasteiger partial charge in [-0.25, -0.2) is 0 Å². The van der Waals surface area contributed by atoms with E-state index in [0.717, 1.165) is 0 Å². The Kier molecular flexibility index (Phi) is 6.68. The number of carboxylic acids is 1. The molecule has 0 saturated heterocycles. The van der Waals surface area contributed by atoms with Crippen LogP contribution in [-0.2, 0) is 22.4 Å². The molecule has 0 saturated carbocycles. The Morgan fingerprint density at radius 3 is 2.38 bits per heavy atom. The molecule has 1 atom stereocenters. The largest absolute Gasteiger partial charge is 0.481 e. The maximum atomic E-state index is 12.2. The average molecular weight is 377 g/mol. The van der Waals surface area contributed by atoms with E-state index in [9.17, 15) is 19.7 Å². The number of non-ortho nitro benzene ring substituents is 1. The fourth-order valence-corrected chi connectivity index (χ4v) is 2.72. The number of carbonyl (C=O) groups excluding carboxylic acids is 1. The van der Waals surface area contributed by atoms with Gasteiger partial charge >= 0.3 is 5.97 Å². The molecule has 2 N–H and O–H groups in total. The van der Waals surface area contributed by atoms with Crippen LogP contribution in [0.15, 0.2) is 48.5 Å². The second-order valence-corrected chi connectivity index (χ2v) is 6.17. The molecule has 2 aromatic carbocycles. The van der Waals surface area contributed by atoms with Crippen LogP contribution in [0.2, 0.25) is 5.02 Å². The van der Waals surface area contributed by atoms with Gasteiger partial charge in [0.15, 0.2) is 0 Å². The summed E-state index contributed by atoms with van der Waals surface area (Å²) < 4.78 is 0. The van der Waals surface area contributed by atoms with Crippen LogP contribution in [0.1, 0.15) is 17.5 Å². The molecule has 0 heterocycles. The lowest BCUT2D eigenvalue weighted by atomic mass is 10.0. The van der Waals surface area contributed by atoms with Crippen LogP contribution in [0.4, 0.5) is 5.69 Å². The van der Waals surface area contributed by atoms with Crippen LogP contribution in [0.25, 0.3) is 0 Å². The van der Waals surface area contributed by atoms with Crippen molar-refractivity contribution in [2.45, 2.75) is 25.3 Å². The van der Waals surface area contributed by atoms with E-state index in [4.69, 9.17) is 16.7 Å². The summed E-state index contributed by atoms with van der Waals surface area (Å²) in [5.74, 6) is -1.39. The molecule has 8 heteroatoms. The number of nitro benzene ring substituents is 1. The van der Waals surface area contributed by atoms with Crippen molar-refractivity contribution in [3.05, 3.63) is 74.8 Å². The monoisotopic (exact) mass is 376 g/mol. The number of nitro groups is 1. The van der Waals surface area contributed by atoms with Gasteiger partial charge in [-0.2, -0.15) is 0 Å². The molecule has 0 aliphatic carbocycles. The highest BCUT2D eigenvalue weighted by atomic mass is 35.5. The van der Waals surface area contributed by atoms with Gasteiger partial charge in [0.2, 0.25) is 5.91 Å². The van der Waals surface area contributed by atoms with Crippen LogP contribution in [0, 0.1) is 10.1 Å². The van der Waals surface area contributed by atoms with Crippen LogP contribution in [0.3, 0.4) is 0 Å². The Labute approximate surface area is 154 Å². The van der Waals surface area contributed by atoms with Crippen molar-refractivity contribution < 1.29 is 19.6 Å². The molecule has 2 aromatic rings. The van der Waals surface area contributed by atoms with Crippen LogP contribution < -0.4 is 5.32 Å². The van der Waals surface area contributed by atoms with Crippen molar-refractivity contribution in [3.63, 3.8) is 0 Å². The molecule has 2 rings (SSSR count). The zero-order valence-corrected chi connectivity index (χ0v) is 14.5. The first-order valence-corrected chi connectivity index (χ1v) is 8.21. The molecular weight excluding hydrogens is 360 g/mol. The Hall–Kier alpha value is -2.93. The highest BCUT2D eigenvalue weighted by Gasteiger charge is 2.18. The number of amides is 1. The van der Waals surface area contributed by atoms with Gasteiger partial charge in [-0.15, -0.1) is 0 Å². The van der Waals surface area contributed by atoms with Crippen molar-refractivity contribution in [1.29, 1.82) is 0 Å². The highest BCUT2D eigenvalue weighted by molar-refractivity contribution is 6.31. The summed E-state index contributed by atoms with van der Waals surface area (Å²) in [5, 5.41) is 22.9. The zero-order valence-electron chi connectivity index (χ0n) is 13.7. The van der Waals surface area contributed by atoms with E-state index in [2.05, 4.69) is 5.32 Å². The summed E-state index contributed by atoms with van der Waals surface area (Å²) in [5.41, 5.74) is 1.29. The molecule has 1 unspecified atom stereocenters. The average Bonchev–Trinajstić information content (AvgIpc) is 2.56. The van der Waals surface area contributed by atoms with Crippen molar-refractivity contribution >= 4 is 29.2 Å². The lowest BCUT2D eigenvalue weighted by Gasteiger charge is -2.17. The summed E-state index contributed by atoms with van der Waals surface area (Å²) in [6, 6.07) is 12.1. The Balaban J connectivity index is 2.04. The Morgan fingerprint density at radius 1 is 1.15 bits per heavy atom. The van der Waals surface area contributed by atoms with E-state index in [1.165, 1.54) is 12.1 Å². The molecule has 0 radical (unpaired) electrons. The topological polar surface area (TPSA) is 110 Å². The van der Waals surface area contributed by atoms with E-state index in [1.54, 1.807) is 36.4 Å². The molecule has 0 bridgehead atoms. The maximum absolute atomic E-state index is 12.2. The van der Waals surface area contributed by atoms with Crippen molar-refractivity contribution in [1.82, 2.24) is 5.32 Å². The second-order valence-electron chi connectivity index (χ2n) is 5.76. The summed E-state index contributed by atoms with van der Waals surface area (Å²) in [7, 11) is 0. The van der Waals surface area contributed by atoms with Crippen LogP contribution >= 0.6 is 11.6 Å². The normalized spacial score (nSPS) is 11.6. The summed E-state index contributed by atoms with van der Waals surface area (Å²) in [6.45, 7) is 0. The van der Waals surface area contributed by atoms with Gasteiger partial charge in [-0.05, 0) is 23.6 Å². The van der Waals surface area contributed by atoms with Gasteiger partial charge in [0.25, 0.3) is 5.69 Å². The molecule has 0 aromatic heterocycles. The van der Waals surface area contributed by atoms with Crippen molar-refractivity contribution in [3.8, 4) is 0 Å². The summed E-state index contributed by atoms with van der Waals surface area (Å²) >= 11 is 6.03. The highest BCUT2D eigenvalue weighted by Crippen LogP contribution is 2.16. The van der Waals surface area contributed by atoms with Gasteiger partial charge in [0.05, 0.1) is 17.8 Å². The second kappa shape index (κ2) is 8.96. The molecule has 0 aliphatic rings. The number of hydrogen-bond donors (Lipinski definition) is 2. The summed E-state index contributed by atoms with van der Waals surface area (Å²) in [4.78, 5) is 33.5. The number of carbonyl (C=O) groups is 2. The quantitative estimate of drug-likeness (QED) is 0.543. The summed E-state index contributed by atoms with van der Waals surface area (Å²) in [6.07, 6.45) is 0.0276. The zero-order chi connectivity index (χ0) is 19.1. The van der Waals surface area contributed by atoms with Crippen LogP contribution in [0.5, 0.6) is 0 Å². The molecule has 136 valence electrons. The SMILES string of the molecule is O=C(O)CC(Cc1ccc([N+](=O)[O-])cc1)NC(=O)Cc1ccccc1Cl. The minimum atomic E-state index is -1.05. The van der Waals surface area contributed by atoms with Crippen molar-refractivity contribution in [2.75, 3.05) is 0 Å². The van der Waals surface area contributed by atoms with Crippen LogP contribution in [-0.4, -0.2) is 27.9 Å². The molecule has 0 aliphatic heterocycles. The number of rotatable bonds is 8. The first-order valence-electron chi connectivity index (χ1n) is 7.83. The lowest BCUT2D eigenvalue weighted by Crippen LogP contribution is -2.39. The number of hydrogen-bond acceptors (Lipinski definition) is 4. The van der Waals surface area contributed by atoms with Crippen molar-refractivity contribution in [2.24, 2.45) is 0 Å².